The first kappa shape index (κ1) is 9.77. The molecule has 0 saturated heterocycles. The van der Waals surface area contributed by atoms with Gasteiger partial charge in [0.05, 0.1) is 11.8 Å². The molecule has 0 aromatic rings. The number of carboxylic acid groups (broad SMARTS) is 2. The highest BCUT2D eigenvalue weighted by Crippen LogP contribution is 2.30. The summed E-state index contributed by atoms with van der Waals surface area (Å²) in [6.45, 7) is 1.73. The van der Waals surface area contributed by atoms with Gasteiger partial charge < -0.3 is 10.2 Å². The van der Waals surface area contributed by atoms with Crippen molar-refractivity contribution in [2.24, 2.45) is 17.8 Å². The van der Waals surface area contributed by atoms with Crippen LogP contribution < -0.4 is 0 Å². The Bertz CT molecular complexity index is 256. The summed E-state index contributed by atoms with van der Waals surface area (Å²) in [4.78, 5) is 21.5. The lowest BCUT2D eigenvalue weighted by Crippen LogP contribution is -2.35. The van der Waals surface area contributed by atoms with E-state index in [0.29, 0.717) is 6.42 Å². The van der Waals surface area contributed by atoms with Crippen molar-refractivity contribution < 1.29 is 19.8 Å². The second-order valence-corrected chi connectivity index (χ2v) is 3.33. The van der Waals surface area contributed by atoms with Crippen LogP contribution in [0.2, 0.25) is 0 Å². The van der Waals surface area contributed by atoms with E-state index in [1.807, 2.05) is 0 Å². The van der Waals surface area contributed by atoms with Crippen molar-refractivity contribution in [2.75, 3.05) is 0 Å². The monoisotopic (exact) mass is 184 g/mol. The van der Waals surface area contributed by atoms with E-state index in [4.69, 9.17) is 10.2 Å². The van der Waals surface area contributed by atoms with Gasteiger partial charge in [-0.15, -0.1) is 0 Å². The fraction of sp³-hybridized carbons (Fsp3) is 0.556. The minimum Gasteiger partial charge on any atom is -0.481 e. The van der Waals surface area contributed by atoms with Crippen LogP contribution in [0.15, 0.2) is 12.2 Å². The van der Waals surface area contributed by atoms with E-state index in [0.717, 1.165) is 0 Å². The molecule has 72 valence electrons. The number of carbonyl (C=O) groups is 2. The summed E-state index contributed by atoms with van der Waals surface area (Å²) < 4.78 is 0. The average molecular weight is 184 g/mol. The molecule has 2 N–H and O–H groups in total. The van der Waals surface area contributed by atoms with E-state index in [1.54, 1.807) is 19.1 Å². The van der Waals surface area contributed by atoms with Crippen molar-refractivity contribution in [3.8, 4) is 0 Å². The molecule has 0 saturated carbocycles. The fourth-order valence-corrected chi connectivity index (χ4v) is 1.72. The lowest BCUT2D eigenvalue weighted by molar-refractivity contribution is -0.155. The molecule has 0 radical (unpaired) electrons. The van der Waals surface area contributed by atoms with Crippen LogP contribution in [0.5, 0.6) is 0 Å². The minimum absolute atomic E-state index is 0.202. The molecule has 0 fully saturated rings. The van der Waals surface area contributed by atoms with E-state index in [9.17, 15) is 9.59 Å². The summed E-state index contributed by atoms with van der Waals surface area (Å²) >= 11 is 0. The molecule has 0 heterocycles. The fourth-order valence-electron chi connectivity index (χ4n) is 1.72. The van der Waals surface area contributed by atoms with E-state index in [-0.39, 0.29) is 5.92 Å². The first-order valence-electron chi connectivity index (χ1n) is 4.16. The van der Waals surface area contributed by atoms with Gasteiger partial charge in [-0.3, -0.25) is 9.59 Å². The molecule has 4 heteroatoms. The summed E-state index contributed by atoms with van der Waals surface area (Å²) in [5.74, 6) is -3.82. The zero-order valence-corrected chi connectivity index (χ0v) is 7.30. The maximum atomic E-state index is 10.8. The number of hydrogen-bond acceptors (Lipinski definition) is 2. The van der Waals surface area contributed by atoms with E-state index < -0.39 is 23.8 Å². The molecule has 13 heavy (non-hydrogen) atoms. The van der Waals surface area contributed by atoms with Gasteiger partial charge in [-0.25, -0.2) is 0 Å². The second kappa shape index (κ2) is 3.60. The molecule has 0 bridgehead atoms. The first-order valence-corrected chi connectivity index (χ1v) is 4.16. The van der Waals surface area contributed by atoms with Crippen molar-refractivity contribution >= 4 is 11.9 Å². The quantitative estimate of drug-likeness (QED) is 0.627. The molecule has 1 aliphatic carbocycles. The maximum absolute atomic E-state index is 10.8. The lowest BCUT2D eigenvalue weighted by atomic mass is 9.77. The molecule has 0 amide bonds. The second-order valence-electron chi connectivity index (χ2n) is 3.33. The van der Waals surface area contributed by atoms with Crippen molar-refractivity contribution in [1.29, 1.82) is 0 Å². The zero-order chi connectivity index (χ0) is 10.0. The number of rotatable bonds is 2. The van der Waals surface area contributed by atoms with Crippen LogP contribution in [0.25, 0.3) is 0 Å². The third kappa shape index (κ3) is 1.88. The molecule has 0 aromatic heterocycles. The van der Waals surface area contributed by atoms with Crippen LogP contribution in [0.3, 0.4) is 0 Å². The molecule has 4 nitrogen and oxygen atoms in total. The van der Waals surface area contributed by atoms with E-state index >= 15 is 0 Å². The lowest BCUT2D eigenvalue weighted by Gasteiger charge is -2.26. The number of aliphatic carboxylic acids is 2. The number of hydrogen-bond donors (Lipinski definition) is 2. The topological polar surface area (TPSA) is 74.6 Å². The molecule has 0 aliphatic heterocycles. The Morgan fingerprint density at radius 2 is 1.92 bits per heavy atom. The summed E-state index contributed by atoms with van der Waals surface area (Å²) in [6.07, 6.45) is 3.82. The van der Waals surface area contributed by atoms with Crippen molar-refractivity contribution in [2.45, 2.75) is 13.3 Å². The first-order chi connectivity index (χ1) is 6.04. The molecule has 3 atom stereocenters. The van der Waals surface area contributed by atoms with Crippen molar-refractivity contribution in [3.63, 3.8) is 0 Å². The van der Waals surface area contributed by atoms with Crippen LogP contribution in [0, 0.1) is 17.8 Å². The van der Waals surface area contributed by atoms with Crippen LogP contribution in [0.1, 0.15) is 13.3 Å². The Labute approximate surface area is 75.9 Å². The normalized spacial score (nSPS) is 32.8. The highest BCUT2D eigenvalue weighted by molar-refractivity contribution is 5.81. The minimum atomic E-state index is -1.02. The molecule has 1 unspecified atom stereocenters. The average Bonchev–Trinajstić information content (AvgIpc) is 2.02. The molecule has 1 rings (SSSR count). The summed E-state index contributed by atoms with van der Waals surface area (Å²) in [7, 11) is 0. The van der Waals surface area contributed by atoms with Crippen LogP contribution in [-0.4, -0.2) is 22.2 Å². The SMILES string of the molecule is CC1C=CC[C@@H](C(=O)O)[C@H]1C(=O)O. The molecular formula is C9H12O4. The number of allylic oxidation sites excluding steroid dienone is 2. The third-order valence-corrected chi connectivity index (χ3v) is 2.43. The van der Waals surface area contributed by atoms with Crippen molar-refractivity contribution in [3.05, 3.63) is 12.2 Å². The van der Waals surface area contributed by atoms with Gasteiger partial charge in [-0.05, 0) is 12.3 Å². The van der Waals surface area contributed by atoms with Gasteiger partial charge in [0.15, 0.2) is 0 Å². The largest absolute Gasteiger partial charge is 0.481 e. The van der Waals surface area contributed by atoms with Gasteiger partial charge in [-0.2, -0.15) is 0 Å². The maximum Gasteiger partial charge on any atom is 0.307 e. The van der Waals surface area contributed by atoms with Crippen LogP contribution in [0.4, 0.5) is 0 Å². The summed E-state index contributed by atoms with van der Waals surface area (Å²) in [6, 6.07) is 0. The Morgan fingerprint density at radius 1 is 1.31 bits per heavy atom. The summed E-state index contributed by atoms with van der Waals surface area (Å²) in [5, 5.41) is 17.6. The molecular weight excluding hydrogens is 172 g/mol. The standard InChI is InChI=1S/C9H12O4/c1-5-3-2-4-6(8(10)11)7(5)9(12)13/h2-3,5-7H,4H2,1H3,(H,10,11)(H,12,13)/t5?,6-,7+/m1/s1. The Morgan fingerprint density at radius 3 is 2.31 bits per heavy atom. The van der Waals surface area contributed by atoms with Gasteiger partial charge in [0.1, 0.15) is 0 Å². The molecule has 0 aromatic carbocycles. The predicted molar refractivity (Wildman–Crippen MR) is 45.2 cm³/mol. The van der Waals surface area contributed by atoms with E-state index in [1.165, 1.54) is 0 Å². The molecule has 0 spiro atoms. The van der Waals surface area contributed by atoms with E-state index in [2.05, 4.69) is 0 Å². The van der Waals surface area contributed by atoms with Crippen LogP contribution in [-0.2, 0) is 9.59 Å². The Kier molecular flexibility index (Phi) is 2.70. The van der Waals surface area contributed by atoms with Gasteiger partial charge in [0.2, 0.25) is 0 Å². The zero-order valence-electron chi connectivity index (χ0n) is 7.30. The third-order valence-electron chi connectivity index (χ3n) is 2.43. The predicted octanol–water partition coefficient (Wildman–Crippen LogP) is 0.984. The number of carboxylic acids is 2. The van der Waals surface area contributed by atoms with Gasteiger partial charge >= 0.3 is 11.9 Å². The van der Waals surface area contributed by atoms with Gasteiger partial charge in [0.25, 0.3) is 0 Å². The van der Waals surface area contributed by atoms with Gasteiger partial charge in [0, 0.05) is 0 Å². The van der Waals surface area contributed by atoms with Gasteiger partial charge in [-0.1, -0.05) is 19.1 Å². The highest BCUT2D eigenvalue weighted by atomic mass is 16.4. The molecule has 1 aliphatic rings. The Hall–Kier alpha value is -1.32. The summed E-state index contributed by atoms with van der Waals surface area (Å²) in [5.41, 5.74) is 0. The van der Waals surface area contributed by atoms with Crippen LogP contribution >= 0.6 is 0 Å². The smallest absolute Gasteiger partial charge is 0.307 e. The highest BCUT2D eigenvalue weighted by Gasteiger charge is 2.37. The Balaban J connectivity index is 2.89. The van der Waals surface area contributed by atoms with Crippen molar-refractivity contribution in [1.82, 2.24) is 0 Å².